The van der Waals surface area contributed by atoms with Crippen LogP contribution >= 0.6 is 0 Å². The van der Waals surface area contributed by atoms with E-state index in [2.05, 4.69) is 15.6 Å². The van der Waals surface area contributed by atoms with E-state index in [0.717, 1.165) is 0 Å². The fourth-order valence-electron chi connectivity index (χ4n) is 2.95. The van der Waals surface area contributed by atoms with Crippen LogP contribution in [0.4, 0.5) is 15.3 Å². The van der Waals surface area contributed by atoms with Crippen LogP contribution in [0.1, 0.15) is 58.8 Å². The summed E-state index contributed by atoms with van der Waals surface area (Å²) in [4.78, 5) is 51.8. The molecule has 0 aliphatic heterocycles. The molecule has 2 rings (SSSR count). The number of nitrogens with one attached hydrogen (secondary N) is 2. The average Bonchev–Trinajstić information content (AvgIpc) is 2.71. The van der Waals surface area contributed by atoms with Crippen molar-refractivity contribution in [1.82, 2.24) is 5.32 Å². The number of guanidine groups is 1. The highest BCUT2D eigenvalue weighted by atomic mass is 16.6. The zero-order valence-electron chi connectivity index (χ0n) is 21.9. The zero-order valence-corrected chi connectivity index (χ0v) is 21.9. The number of primary amides is 1. The minimum absolute atomic E-state index is 0.152. The molecule has 0 fully saturated rings. The molecule has 0 aromatic heterocycles. The third kappa shape index (κ3) is 10.0. The summed E-state index contributed by atoms with van der Waals surface area (Å²) in [6.07, 6.45) is -1.81. The molecule has 3 amide bonds. The number of hydrogen-bond donors (Lipinski definition) is 3. The molecule has 198 valence electrons. The number of amides is 3. The van der Waals surface area contributed by atoms with Crippen molar-refractivity contribution in [3.8, 4) is 16.9 Å². The fourth-order valence-corrected chi connectivity index (χ4v) is 2.95. The highest BCUT2D eigenvalue weighted by molar-refractivity contribution is 6.07. The van der Waals surface area contributed by atoms with Crippen molar-refractivity contribution in [2.45, 2.75) is 59.7 Å². The Morgan fingerprint density at radius 3 is 1.97 bits per heavy atom. The molecule has 37 heavy (non-hydrogen) atoms. The van der Waals surface area contributed by atoms with Crippen molar-refractivity contribution in [2.75, 3.05) is 5.32 Å². The first-order valence-corrected chi connectivity index (χ1v) is 11.3. The molecule has 0 atom stereocenters. The Hall–Kier alpha value is -4.41. The number of rotatable bonds is 4. The minimum Gasteiger partial charge on any atom is -0.444 e. The van der Waals surface area contributed by atoms with Crippen molar-refractivity contribution in [3.05, 3.63) is 48.0 Å². The quantitative estimate of drug-likeness (QED) is 0.232. The maximum Gasteiger partial charge on any atom is 0.437 e. The number of hydrogen-bond acceptors (Lipinski definition) is 7. The second kappa shape index (κ2) is 11.5. The number of nitrogens with two attached hydrogens (primary N) is 1. The average molecular weight is 513 g/mol. The van der Waals surface area contributed by atoms with Gasteiger partial charge in [-0.1, -0.05) is 18.2 Å². The van der Waals surface area contributed by atoms with Crippen molar-refractivity contribution >= 4 is 35.7 Å². The van der Waals surface area contributed by atoms with Crippen molar-refractivity contribution in [3.63, 3.8) is 0 Å². The van der Waals surface area contributed by atoms with E-state index in [1.54, 1.807) is 77.9 Å². The summed E-state index contributed by atoms with van der Waals surface area (Å²) >= 11 is 0. The highest BCUT2D eigenvalue weighted by Crippen LogP contribution is 2.28. The molecular weight excluding hydrogens is 480 g/mol. The molecule has 11 heteroatoms. The SMILES string of the molecule is CC(=O)Oc1ccc(-c2ccc(N/C(=N/C(=O)OC(C)(C)C)NC(=O)OC(C)(C)C)cc2C(N)=O)cc1. The molecule has 0 saturated heterocycles. The number of aliphatic imine (C=N–C) groups is 1. The van der Waals surface area contributed by atoms with E-state index in [1.165, 1.54) is 13.0 Å². The first kappa shape index (κ1) is 28.8. The van der Waals surface area contributed by atoms with E-state index in [4.69, 9.17) is 19.9 Å². The third-order valence-electron chi connectivity index (χ3n) is 4.19. The summed E-state index contributed by atoms with van der Waals surface area (Å²) in [7, 11) is 0. The molecule has 0 radical (unpaired) electrons. The maximum atomic E-state index is 12.3. The maximum absolute atomic E-state index is 12.3. The van der Waals surface area contributed by atoms with Gasteiger partial charge in [-0.05, 0) is 76.9 Å². The monoisotopic (exact) mass is 512 g/mol. The summed E-state index contributed by atoms with van der Waals surface area (Å²) in [5.41, 5.74) is 5.61. The van der Waals surface area contributed by atoms with Gasteiger partial charge < -0.3 is 25.3 Å². The van der Waals surface area contributed by atoms with E-state index in [-0.39, 0.29) is 11.5 Å². The Bertz CT molecular complexity index is 1210. The number of benzene rings is 2. The molecular formula is C26H32N4O7. The fraction of sp³-hybridized carbons (Fsp3) is 0.346. The lowest BCUT2D eigenvalue weighted by atomic mass is 9.98. The zero-order chi connectivity index (χ0) is 28.0. The van der Waals surface area contributed by atoms with Gasteiger partial charge in [-0.15, -0.1) is 4.99 Å². The van der Waals surface area contributed by atoms with Crippen LogP contribution in [0.15, 0.2) is 47.5 Å². The highest BCUT2D eigenvalue weighted by Gasteiger charge is 2.21. The number of nitrogens with zero attached hydrogens (tertiary/aromatic N) is 1. The smallest absolute Gasteiger partial charge is 0.437 e. The van der Waals surface area contributed by atoms with Gasteiger partial charge in [0.05, 0.1) is 0 Å². The first-order valence-electron chi connectivity index (χ1n) is 11.3. The number of esters is 1. The summed E-state index contributed by atoms with van der Waals surface area (Å²) in [6, 6.07) is 11.2. The van der Waals surface area contributed by atoms with Gasteiger partial charge in [0.2, 0.25) is 11.9 Å². The van der Waals surface area contributed by atoms with Gasteiger partial charge in [-0.25, -0.2) is 9.59 Å². The number of carbonyl (C=O) groups is 4. The van der Waals surface area contributed by atoms with Gasteiger partial charge in [0.25, 0.3) is 0 Å². The van der Waals surface area contributed by atoms with Gasteiger partial charge in [-0.2, -0.15) is 0 Å². The number of ether oxygens (including phenoxy) is 3. The molecule has 0 spiro atoms. The summed E-state index contributed by atoms with van der Waals surface area (Å²) in [6.45, 7) is 11.4. The second-order valence-corrected chi connectivity index (χ2v) is 9.94. The van der Waals surface area contributed by atoms with Crippen LogP contribution in [0, 0.1) is 0 Å². The van der Waals surface area contributed by atoms with Crippen LogP contribution in [0.3, 0.4) is 0 Å². The number of carbonyl (C=O) groups excluding carboxylic acids is 4. The molecule has 2 aromatic rings. The van der Waals surface area contributed by atoms with E-state index < -0.39 is 35.3 Å². The largest absolute Gasteiger partial charge is 0.444 e. The second-order valence-electron chi connectivity index (χ2n) is 9.94. The van der Waals surface area contributed by atoms with Crippen LogP contribution < -0.4 is 21.1 Å². The lowest BCUT2D eigenvalue weighted by Crippen LogP contribution is -2.40. The van der Waals surface area contributed by atoms with Crippen LogP contribution in [-0.4, -0.2) is 41.2 Å². The topological polar surface area (TPSA) is 158 Å². The molecule has 0 saturated carbocycles. The van der Waals surface area contributed by atoms with E-state index in [1.807, 2.05) is 0 Å². The predicted molar refractivity (Wildman–Crippen MR) is 138 cm³/mol. The standard InChI is InChI=1S/C26H32N4O7/c1-15(31)35-18-11-8-16(9-12-18)19-13-10-17(14-20(19)21(27)32)28-22(29-23(33)36-25(2,3)4)30-24(34)37-26(5,6)7/h8-14H,1-7H3,(H2,27,32)(H2,28,29,30,33,34). The van der Waals surface area contributed by atoms with Gasteiger partial charge in [0.15, 0.2) is 0 Å². The van der Waals surface area contributed by atoms with Crippen molar-refractivity contribution in [1.29, 1.82) is 0 Å². The van der Waals surface area contributed by atoms with Crippen LogP contribution in [0.2, 0.25) is 0 Å². The Morgan fingerprint density at radius 2 is 1.46 bits per heavy atom. The molecule has 2 aromatic carbocycles. The van der Waals surface area contributed by atoms with E-state index >= 15 is 0 Å². The Morgan fingerprint density at radius 1 is 0.865 bits per heavy atom. The lowest BCUT2D eigenvalue weighted by Gasteiger charge is -2.21. The minimum atomic E-state index is -0.953. The third-order valence-corrected chi connectivity index (χ3v) is 4.19. The van der Waals surface area contributed by atoms with Crippen molar-refractivity contribution < 1.29 is 33.4 Å². The summed E-state index contributed by atoms with van der Waals surface area (Å²) < 4.78 is 15.5. The molecule has 0 aliphatic rings. The van der Waals surface area contributed by atoms with Gasteiger partial charge in [-0.3, -0.25) is 14.9 Å². The van der Waals surface area contributed by atoms with Gasteiger partial charge in [0, 0.05) is 18.2 Å². The Labute approximate surface area is 215 Å². The Kier molecular flexibility index (Phi) is 9.00. The van der Waals surface area contributed by atoms with Crippen LogP contribution in [0.5, 0.6) is 5.75 Å². The first-order chi connectivity index (χ1) is 17.0. The van der Waals surface area contributed by atoms with Crippen LogP contribution in [-0.2, 0) is 14.3 Å². The molecule has 11 nitrogen and oxygen atoms in total. The van der Waals surface area contributed by atoms with Crippen molar-refractivity contribution in [2.24, 2.45) is 10.7 Å². The lowest BCUT2D eigenvalue weighted by molar-refractivity contribution is -0.131. The number of anilines is 1. The van der Waals surface area contributed by atoms with Gasteiger partial charge >= 0.3 is 18.2 Å². The normalized spacial score (nSPS) is 11.8. The summed E-state index contributed by atoms with van der Waals surface area (Å²) in [5.74, 6) is -1.10. The Balaban J connectivity index is 2.39. The molecule has 0 unspecified atom stereocenters. The molecule has 0 aliphatic carbocycles. The van der Waals surface area contributed by atoms with Crippen LogP contribution in [0.25, 0.3) is 11.1 Å². The molecule has 0 bridgehead atoms. The summed E-state index contributed by atoms with van der Waals surface area (Å²) in [5, 5.41) is 5.16. The predicted octanol–water partition coefficient (Wildman–Crippen LogP) is 4.61. The molecule has 0 heterocycles. The van der Waals surface area contributed by atoms with E-state index in [9.17, 15) is 19.2 Å². The molecule has 4 N–H and O–H groups in total. The van der Waals surface area contributed by atoms with Gasteiger partial charge in [0.1, 0.15) is 17.0 Å². The number of alkyl carbamates (subject to hydrolysis) is 1. The van der Waals surface area contributed by atoms with E-state index in [0.29, 0.717) is 22.6 Å².